The van der Waals surface area contributed by atoms with Crippen molar-refractivity contribution in [2.75, 3.05) is 6.54 Å². The summed E-state index contributed by atoms with van der Waals surface area (Å²) in [7, 11) is 0. The molecule has 2 saturated heterocycles. The molecule has 3 heteroatoms. The number of para-hydroxylation sites is 1. The fourth-order valence-corrected chi connectivity index (χ4v) is 5.81. The van der Waals surface area contributed by atoms with E-state index in [9.17, 15) is 4.79 Å². The number of aromatic nitrogens is 1. The van der Waals surface area contributed by atoms with E-state index in [2.05, 4.69) is 40.8 Å². The second kappa shape index (κ2) is 8.82. The number of unbranched alkanes of at least 4 members (excludes halogenated alkanes) is 2. The fraction of sp³-hybridized carbons (Fsp3) is 0.640. The average Bonchev–Trinajstić information content (AvgIpc) is 3.17. The van der Waals surface area contributed by atoms with Crippen LogP contribution in [-0.2, 0) is 6.54 Å². The molecule has 2 aliphatic rings. The molecule has 2 bridgehead atoms. The minimum absolute atomic E-state index is 0.165. The normalized spacial score (nSPS) is 24.9. The summed E-state index contributed by atoms with van der Waals surface area (Å²) in [5, 5.41) is 1.10. The van der Waals surface area contributed by atoms with Gasteiger partial charge in [-0.15, -0.1) is 0 Å². The molecule has 4 rings (SSSR count). The van der Waals surface area contributed by atoms with Crippen molar-refractivity contribution < 1.29 is 4.79 Å². The van der Waals surface area contributed by atoms with E-state index in [0.29, 0.717) is 0 Å². The van der Waals surface area contributed by atoms with E-state index in [1.165, 1.54) is 69.8 Å². The second-order valence-corrected chi connectivity index (χ2v) is 9.12. The Morgan fingerprint density at radius 3 is 2.50 bits per heavy atom. The van der Waals surface area contributed by atoms with Crippen molar-refractivity contribution in [2.24, 2.45) is 5.92 Å². The molecule has 3 nitrogen and oxygen atoms in total. The van der Waals surface area contributed by atoms with Crippen LogP contribution in [0.25, 0.3) is 10.9 Å². The smallest absolute Gasteiger partial charge is 0.161 e. The number of fused-ring (bicyclic) bond motifs is 3. The summed E-state index contributed by atoms with van der Waals surface area (Å²) in [6.07, 6.45) is 14.6. The van der Waals surface area contributed by atoms with Gasteiger partial charge in [-0.2, -0.15) is 0 Å². The second-order valence-electron chi connectivity index (χ2n) is 9.12. The summed E-state index contributed by atoms with van der Waals surface area (Å²) in [4.78, 5) is 14.8. The van der Waals surface area contributed by atoms with E-state index in [-0.39, 0.29) is 5.78 Å². The molecule has 0 amide bonds. The molecule has 0 saturated carbocycles. The third-order valence-corrected chi connectivity index (χ3v) is 7.18. The average molecular weight is 381 g/mol. The number of piperidine rings is 1. The highest BCUT2D eigenvalue weighted by atomic mass is 16.1. The number of hydrogen-bond acceptors (Lipinski definition) is 2. The van der Waals surface area contributed by atoms with Crippen LogP contribution in [0.4, 0.5) is 0 Å². The molecule has 3 heterocycles. The molecule has 28 heavy (non-hydrogen) atoms. The van der Waals surface area contributed by atoms with Gasteiger partial charge in [0.05, 0.1) is 0 Å². The Morgan fingerprint density at radius 2 is 1.79 bits per heavy atom. The van der Waals surface area contributed by atoms with E-state index in [1.807, 2.05) is 6.07 Å². The molecule has 1 aromatic carbocycles. The lowest BCUT2D eigenvalue weighted by molar-refractivity contribution is 0.0966. The predicted octanol–water partition coefficient (Wildman–Crippen LogP) is 6.06. The number of carbonyl (C=O) groups is 1. The summed E-state index contributed by atoms with van der Waals surface area (Å²) in [5.74, 6) is 1.14. The Balaban J connectivity index is 1.34. The number of benzene rings is 1. The Bertz CT molecular complexity index is 794. The van der Waals surface area contributed by atoms with E-state index in [0.717, 1.165) is 35.5 Å². The van der Waals surface area contributed by atoms with Gasteiger partial charge >= 0.3 is 0 Å². The summed E-state index contributed by atoms with van der Waals surface area (Å²) in [5.41, 5.74) is 2.06. The number of nitrogens with zero attached hydrogens (tertiary/aromatic N) is 2. The number of hydrogen-bond donors (Lipinski definition) is 0. The van der Waals surface area contributed by atoms with Gasteiger partial charge in [-0.3, -0.25) is 9.69 Å². The molecule has 2 fully saturated rings. The monoisotopic (exact) mass is 380 g/mol. The van der Waals surface area contributed by atoms with E-state index in [1.54, 1.807) is 6.92 Å². The summed E-state index contributed by atoms with van der Waals surface area (Å²) >= 11 is 0. The van der Waals surface area contributed by atoms with Gasteiger partial charge in [0.15, 0.2) is 5.78 Å². The zero-order chi connectivity index (χ0) is 19.5. The molecule has 152 valence electrons. The molecule has 0 radical (unpaired) electrons. The van der Waals surface area contributed by atoms with E-state index < -0.39 is 0 Å². The van der Waals surface area contributed by atoms with Crippen LogP contribution >= 0.6 is 0 Å². The van der Waals surface area contributed by atoms with Crippen molar-refractivity contribution in [3.05, 3.63) is 36.0 Å². The van der Waals surface area contributed by atoms with Crippen LogP contribution in [0.3, 0.4) is 0 Å². The Labute approximate surface area is 170 Å². The van der Waals surface area contributed by atoms with Gasteiger partial charge in [-0.25, -0.2) is 0 Å². The first-order valence-electron chi connectivity index (χ1n) is 11.5. The topological polar surface area (TPSA) is 25.2 Å². The van der Waals surface area contributed by atoms with Crippen molar-refractivity contribution in [1.82, 2.24) is 9.47 Å². The number of Topliss-reactive ketones (excluding diaryl/α,β-unsaturated/α-hetero) is 1. The van der Waals surface area contributed by atoms with Gasteiger partial charge in [-0.05, 0) is 51.0 Å². The van der Waals surface area contributed by atoms with Crippen molar-refractivity contribution in [2.45, 2.75) is 90.3 Å². The van der Waals surface area contributed by atoms with E-state index >= 15 is 0 Å². The number of carbonyl (C=O) groups excluding carboxylic acids is 1. The van der Waals surface area contributed by atoms with Crippen molar-refractivity contribution in [3.8, 4) is 0 Å². The SMILES string of the molecule is CCCCC[C@H]1C[C@H]2CC[C@@H](C1)N2CCCn1cc(C(C)=O)c2ccccc21. The highest BCUT2D eigenvalue weighted by molar-refractivity contribution is 6.06. The van der Waals surface area contributed by atoms with Crippen LogP contribution in [0.1, 0.15) is 82.0 Å². The molecule has 0 spiro atoms. The van der Waals surface area contributed by atoms with Crippen molar-refractivity contribution in [1.29, 1.82) is 0 Å². The third kappa shape index (κ3) is 4.05. The third-order valence-electron chi connectivity index (χ3n) is 7.18. The van der Waals surface area contributed by atoms with Crippen LogP contribution in [0, 0.1) is 5.92 Å². The maximum absolute atomic E-state index is 12.0. The summed E-state index contributed by atoms with van der Waals surface area (Å²) in [6.45, 7) is 6.19. The van der Waals surface area contributed by atoms with Crippen LogP contribution in [-0.4, -0.2) is 33.9 Å². The number of aryl methyl sites for hydroxylation is 1. The van der Waals surface area contributed by atoms with Gasteiger partial charge in [-0.1, -0.05) is 50.8 Å². The fourth-order valence-electron chi connectivity index (χ4n) is 5.81. The quantitative estimate of drug-likeness (QED) is 0.390. The van der Waals surface area contributed by atoms with Gasteiger partial charge in [0.25, 0.3) is 0 Å². The first-order valence-corrected chi connectivity index (χ1v) is 11.5. The summed E-state index contributed by atoms with van der Waals surface area (Å²) in [6, 6.07) is 9.99. The van der Waals surface area contributed by atoms with E-state index in [4.69, 9.17) is 0 Å². The minimum Gasteiger partial charge on any atom is -0.347 e. The Kier molecular flexibility index (Phi) is 6.20. The van der Waals surface area contributed by atoms with Gasteiger partial charge in [0.2, 0.25) is 0 Å². The van der Waals surface area contributed by atoms with Crippen LogP contribution < -0.4 is 0 Å². The molecule has 0 unspecified atom stereocenters. The standard InChI is InChI=1S/C25H36N2O/c1-3-4-5-9-20-16-21-12-13-22(17-20)27(21)15-8-14-26-18-24(19(2)28)23-10-6-7-11-25(23)26/h6-7,10-11,18,20-22H,3-5,8-9,12-17H2,1-2H3/t20-,21+,22-. The number of rotatable bonds is 9. The molecular weight excluding hydrogens is 344 g/mol. The lowest BCUT2D eigenvalue weighted by atomic mass is 9.86. The maximum Gasteiger partial charge on any atom is 0.161 e. The van der Waals surface area contributed by atoms with Crippen LogP contribution in [0.15, 0.2) is 30.5 Å². The Morgan fingerprint density at radius 1 is 1.04 bits per heavy atom. The molecule has 0 aliphatic carbocycles. The lowest BCUT2D eigenvalue weighted by Gasteiger charge is -2.39. The molecule has 1 aromatic heterocycles. The zero-order valence-corrected chi connectivity index (χ0v) is 17.7. The molecule has 3 atom stereocenters. The lowest BCUT2D eigenvalue weighted by Crippen LogP contribution is -2.43. The minimum atomic E-state index is 0.165. The van der Waals surface area contributed by atoms with Crippen molar-refractivity contribution >= 4 is 16.7 Å². The Hall–Kier alpha value is -1.61. The first-order chi connectivity index (χ1) is 13.7. The zero-order valence-electron chi connectivity index (χ0n) is 17.7. The number of ketones is 1. The van der Waals surface area contributed by atoms with Crippen LogP contribution in [0.2, 0.25) is 0 Å². The molecule has 2 aromatic rings. The largest absolute Gasteiger partial charge is 0.347 e. The molecule has 2 aliphatic heterocycles. The molecular formula is C25H36N2O. The van der Waals surface area contributed by atoms with Gasteiger partial charge in [0, 0.05) is 47.8 Å². The maximum atomic E-state index is 12.0. The van der Waals surface area contributed by atoms with Crippen molar-refractivity contribution in [3.63, 3.8) is 0 Å². The highest BCUT2D eigenvalue weighted by Crippen LogP contribution is 2.40. The first kappa shape index (κ1) is 19.7. The molecule has 0 N–H and O–H groups in total. The summed E-state index contributed by atoms with van der Waals surface area (Å²) < 4.78 is 2.30. The highest BCUT2D eigenvalue weighted by Gasteiger charge is 2.39. The van der Waals surface area contributed by atoms with Gasteiger partial charge in [0.1, 0.15) is 0 Å². The van der Waals surface area contributed by atoms with Crippen LogP contribution in [0.5, 0.6) is 0 Å². The van der Waals surface area contributed by atoms with Gasteiger partial charge < -0.3 is 4.57 Å². The predicted molar refractivity (Wildman–Crippen MR) is 117 cm³/mol.